The molecule has 9 heteroatoms. The molecule has 4 rings (SSSR count). The molecular formula is C23H27N3O5S. The second kappa shape index (κ2) is 9.81. The zero-order valence-corrected chi connectivity index (χ0v) is 18.5. The summed E-state index contributed by atoms with van der Waals surface area (Å²) in [6, 6.07) is 13.6. The van der Waals surface area contributed by atoms with Gasteiger partial charge in [-0.25, -0.2) is 13.1 Å². The summed E-state index contributed by atoms with van der Waals surface area (Å²) in [4.78, 5) is 24.6. The van der Waals surface area contributed by atoms with Gasteiger partial charge in [0.05, 0.1) is 4.90 Å². The summed E-state index contributed by atoms with van der Waals surface area (Å²) in [6.07, 6.45) is 3.78. The van der Waals surface area contributed by atoms with E-state index in [-0.39, 0.29) is 29.2 Å². The van der Waals surface area contributed by atoms with Gasteiger partial charge in [0.15, 0.2) is 0 Å². The van der Waals surface area contributed by atoms with Crippen molar-refractivity contribution in [1.82, 2.24) is 4.72 Å². The number of sulfonamides is 1. The topological polar surface area (TPSA) is 114 Å². The molecule has 0 bridgehead atoms. The highest BCUT2D eigenvalue weighted by Gasteiger charge is 2.27. The average molecular weight is 458 g/mol. The Balaban J connectivity index is 1.23. The molecule has 0 aromatic heterocycles. The standard InChI is InChI=1S/C23H27N3O5S/c27-22(14-5-16-3-12-20(13-4-16)32(29,30)26-19-10-11-19)24-17-6-8-18(9-7-17)25-23(28)21-2-1-15-31-21/h3-4,6-9,12-13,19,21,26H,1-2,5,10-11,14-15H2,(H,24,27)(H,25,28). The van der Waals surface area contributed by atoms with Crippen LogP contribution in [-0.2, 0) is 30.8 Å². The maximum Gasteiger partial charge on any atom is 0.253 e. The molecule has 32 heavy (non-hydrogen) atoms. The Labute approximate surface area is 187 Å². The molecule has 2 aliphatic rings. The molecule has 1 saturated heterocycles. The number of carbonyl (C=O) groups is 2. The quantitative estimate of drug-likeness (QED) is 0.536. The lowest BCUT2D eigenvalue weighted by molar-refractivity contribution is -0.124. The van der Waals surface area contributed by atoms with E-state index in [1.54, 1.807) is 48.5 Å². The molecule has 1 heterocycles. The normalized spacial score (nSPS) is 18.3. The Kier molecular flexibility index (Phi) is 6.88. The van der Waals surface area contributed by atoms with E-state index >= 15 is 0 Å². The van der Waals surface area contributed by atoms with Crippen LogP contribution in [0.1, 0.15) is 37.7 Å². The number of nitrogens with one attached hydrogen (secondary N) is 3. The van der Waals surface area contributed by atoms with Crippen molar-refractivity contribution in [3.05, 3.63) is 54.1 Å². The first-order valence-electron chi connectivity index (χ1n) is 10.8. The first kappa shape index (κ1) is 22.4. The molecule has 1 aliphatic carbocycles. The lowest BCUT2D eigenvalue weighted by atomic mass is 10.1. The van der Waals surface area contributed by atoms with E-state index in [4.69, 9.17) is 4.74 Å². The van der Waals surface area contributed by atoms with Crippen molar-refractivity contribution in [1.29, 1.82) is 0 Å². The summed E-state index contributed by atoms with van der Waals surface area (Å²) < 4.78 is 32.4. The molecule has 2 aromatic rings. The number of amides is 2. The first-order chi connectivity index (χ1) is 15.4. The van der Waals surface area contributed by atoms with Gasteiger partial charge in [0.25, 0.3) is 5.91 Å². The van der Waals surface area contributed by atoms with Gasteiger partial charge < -0.3 is 15.4 Å². The number of ether oxygens (including phenoxy) is 1. The minimum Gasteiger partial charge on any atom is -0.368 e. The minimum absolute atomic E-state index is 0.0648. The number of carbonyl (C=O) groups excluding carboxylic acids is 2. The smallest absolute Gasteiger partial charge is 0.253 e. The molecule has 0 radical (unpaired) electrons. The molecule has 1 atom stereocenters. The lowest BCUT2D eigenvalue weighted by Crippen LogP contribution is -2.26. The van der Waals surface area contributed by atoms with Gasteiger partial charge in [0, 0.05) is 30.4 Å². The third-order valence-corrected chi connectivity index (χ3v) is 6.97. The summed E-state index contributed by atoms with van der Waals surface area (Å²) >= 11 is 0. The molecule has 8 nitrogen and oxygen atoms in total. The minimum atomic E-state index is -3.46. The lowest BCUT2D eigenvalue weighted by Gasteiger charge is -2.11. The predicted octanol–water partition coefficient (Wildman–Crippen LogP) is 2.82. The fourth-order valence-electron chi connectivity index (χ4n) is 3.45. The van der Waals surface area contributed by atoms with Gasteiger partial charge in [-0.15, -0.1) is 0 Å². The van der Waals surface area contributed by atoms with Crippen molar-refractivity contribution in [3.63, 3.8) is 0 Å². The van der Waals surface area contributed by atoms with Crippen LogP contribution in [-0.4, -0.2) is 39.0 Å². The van der Waals surface area contributed by atoms with E-state index in [1.807, 2.05) is 0 Å². The second-order valence-corrected chi connectivity index (χ2v) is 9.87. The number of rotatable bonds is 9. The summed E-state index contributed by atoms with van der Waals surface area (Å²) in [5, 5.41) is 5.65. The Bertz CT molecular complexity index is 1060. The average Bonchev–Trinajstić information content (AvgIpc) is 3.40. The predicted molar refractivity (Wildman–Crippen MR) is 121 cm³/mol. The van der Waals surface area contributed by atoms with Crippen molar-refractivity contribution >= 4 is 33.2 Å². The van der Waals surface area contributed by atoms with Crippen LogP contribution in [0.2, 0.25) is 0 Å². The maximum atomic E-state index is 12.3. The third-order valence-electron chi connectivity index (χ3n) is 5.43. The highest BCUT2D eigenvalue weighted by molar-refractivity contribution is 7.89. The summed E-state index contributed by atoms with van der Waals surface area (Å²) in [5.41, 5.74) is 2.17. The fourth-order valence-corrected chi connectivity index (χ4v) is 4.75. The summed E-state index contributed by atoms with van der Waals surface area (Å²) in [6.45, 7) is 0.615. The molecule has 0 spiro atoms. The monoisotopic (exact) mass is 457 g/mol. The summed E-state index contributed by atoms with van der Waals surface area (Å²) in [7, 11) is -3.46. The van der Waals surface area contributed by atoms with E-state index in [0.717, 1.165) is 31.2 Å². The largest absolute Gasteiger partial charge is 0.368 e. The van der Waals surface area contributed by atoms with Crippen LogP contribution in [0.25, 0.3) is 0 Å². The van der Waals surface area contributed by atoms with E-state index in [9.17, 15) is 18.0 Å². The van der Waals surface area contributed by atoms with Gasteiger partial charge in [0.2, 0.25) is 15.9 Å². The van der Waals surface area contributed by atoms with Crippen LogP contribution >= 0.6 is 0 Å². The number of aryl methyl sites for hydroxylation is 1. The van der Waals surface area contributed by atoms with E-state index in [1.165, 1.54) is 0 Å². The van der Waals surface area contributed by atoms with Crippen LogP contribution < -0.4 is 15.4 Å². The molecule has 2 aromatic carbocycles. The van der Waals surface area contributed by atoms with Gasteiger partial charge in [-0.2, -0.15) is 0 Å². The van der Waals surface area contributed by atoms with Gasteiger partial charge in [0.1, 0.15) is 6.10 Å². The van der Waals surface area contributed by atoms with Gasteiger partial charge >= 0.3 is 0 Å². The van der Waals surface area contributed by atoms with Crippen molar-refractivity contribution < 1.29 is 22.7 Å². The number of hydrogen-bond donors (Lipinski definition) is 3. The molecule has 1 saturated carbocycles. The van der Waals surface area contributed by atoms with Crippen LogP contribution in [0.3, 0.4) is 0 Å². The molecule has 170 valence electrons. The van der Waals surface area contributed by atoms with E-state index in [2.05, 4.69) is 15.4 Å². The number of hydrogen-bond acceptors (Lipinski definition) is 5. The Hall–Kier alpha value is -2.75. The zero-order valence-electron chi connectivity index (χ0n) is 17.7. The second-order valence-electron chi connectivity index (χ2n) is 8.16. The third kappa shape index (κ3) is 6.15. The SMILES string of the molecule is O=C(CCc1ccc(S(=O)(=O)NC2CC2)cc1)Nc1ccc(NC(=O)C2CCCO2)cc1. The van der Waals surface area contributed by atoms with Crippen molar-refractivity contribution in [3.8, 4) is 0 Å². The van der Waals surface area contributed by atoms with Crippen molar-refractivity contribution in [2.24, 2.45) is 0 Å². The van der Waals surface area contributed by atoms with Crippen LogP contribution in [0.5, 0.6) is 0 Å². The molecule has 2 amide bonds. The fraction of sp³-hybridized carbons (Fsp3) is 0.391. The van der Waals surface area contributed by atoms with Gasteiger partial charge in [-0.1, -0.05) is 12.1 Å². The summed E-state index contributed by atoms with van der Waals surface area (Å²) in [5.74, 6) is -0.297. The van der Waals surface area contributed by atoms with E-state index in [0.29, 0.717) is 24.4 Å². The van der Waals surface area contributed by atoms with Gasteiger partial charge in [-0.3, -0.25) is 9.59 Å². The molecule has 3 N–H and O–H groups in total. The van der Waals surface area contributed by atoms with Gasteiger partial charge in [-0.05, 0) is 74.1 Å². The van der Waals surface area contributed by atoms with E-state index < -0.39 is 16.1 Å². The van der Waals surface area contributed by atoms with Crippen molar-refractivity contribution in [2.75, 3.05) is 17.2 Å². The molecule has 1 unspecified atom stereocenters. The van der Waals surface area contributed by atoms with Crippen LogP contribution in [0, 0.1) is 0 Å². The van der Waals surface area contributed by atoms with Crippen LogP contribution in [0.15, 0.2) is 53.4 Å². The Morgan fingerprint density at radius 3 is 2.16 bits per heavy atom. The Morgan fingerprint density at radius 1 is 0.906 bits per heavy atom. The maximum absolute atomic E-state index is 12.3. The molecule has 2 fully saturated rings. The molecule has 1 aliphatic heterocycles. The zero-order chi connectivity index (χ0) is 22.6. The Morgan fingerprint density at radius 2 is 1.56 bits per heavy atom. The molecular weight excluding hydrogens is 430 g/mol. The number of anilines is 2. The van der Waals surface area contributed by atoms with Crippen LogP contribution in [0.4, 0.5) is 11.4 Å². The highest BCUT2D eigenvalue weighted by Crippen LogP contribution is 2.22. The number of benzene rings is 2. The first-order valence-corrected chi connectivity index (χ1v) is 12.3. The highest BCUT2D eigenvalue weighted by atomic mass is 32.2. The van der Waals surface area contributed by atoms with Crippen molar-refractivity contribution in [2.45, 2.75) is 55.6 Å².